The Balaban J connectivity index is 1.89. The molecule has 2 rings (SSSR count). The molecule has 0 saturated heterocycles. The van der Waals surface area contributed by atoms with E-state index in [1.165, 1.54) is 0 Å². The van der Waals surface area contributed by atoms with Gasteiger partial charge in [0.2, 0.25) is 0 Å². The van der Waals surface area contributed by atoms with Crippen LogP contribution in [-0.2, 0) is 6.42 Å². The molecule has 2 atom stereocenters. The van der Waals surface area contributed by atoms with Crippen LogP contribution in [-0.4, -0.2) is 22.8 Å². The van der Waals surface area contributed by atoms with Crippen LogP contribution in [0.5, 0.6) is 0 Å². The lowest BCUT2D eigenvalue weighted by Gasteiger charge is -2.10. The van der Waals surface area contributed by atoms with Gasteiger partial charge in [0.25, 0.3) is 0 Å². The van der Waals surface area contributed by atoms with E-state index in [1.807, 2.05) is 19.1 Å². The number of primary amides is 1. The number of hydrogen-bond donors (Lipinski definition) is 2. The van der Waals surface area contributed by atoms with E-state index >= 15 is 0 Å². The smallest absolute Gasteiger partial charge is 0.338 e. The molecule has 0 radical (unpaired) electrons. The van der Waals surface area contributed by atoms with Crippen LogP contribution in [0, 0.1) is 5.92 Å². The Hall–Kier alpha value is -1.49. The predicted octanol–water partition coefficient (Wildman–Crippen LogP) is 1.72. The SMILES string of the molecule is CCc1ccc([C@@H]2C[C@H]2CN(O)C(N)=O)o1. The van der Waals surface area contributed by atoms with Crippen molar-refractivity contribution in [2.45, 2.75) is 25.7 Å². The van der Waals surface area contributed by atoms with Crippen LogP contribution in [0.1, 0.15) is 30.8 Å². The minimum atomic E-state index is -0.806. The molecule has 3 N–H and O–H groups in total. The molecule has 1 aliphatic carbocycles. The van der Waals surface area contributed by atoms with Crippen LogP contribution in [0.3, 0.4) is 0 Å². The minimum Gasteiger partial charge on any atom is -0.466 e. The normalized spacial score (nSPS) is 23.1. The van der Waals surface area contributed by atoms with E-state index in [0.717, 1.165) is 24.4 Å². The number of nitrogens with zero attached hydrogens (tertiary/aromatic N) is 1. The zero-order valence-electron chi connectivity index (χ0n) is 9.22. The Kier molecular flexibility index (Phi) is 2.87. The second-order valence-corrected chi connectivity index (χ2v) is 4.18. The van der Waals surface area contributed by atoms with E-state index in [-0.39, 0.29) is 12.5 Å². The fraction of sp³-hybridized carbons (Fsp3) is 0.545. The standard InChI is InChI=1S/C11H16N2O3/c1-2-8-3-4-10(16-8)9-5-7(9)6-13(15)11(12)14/h3-4,7,9,15H,2,5-6H2,1H3,(H2,12,14)/t7-,9+/m0/s1. The third-order valence-corrected chi connectivity index (χ3v) is 2.98. The van der Waals surface area contributed by atoms with Crippen LogP contribution in [0.4, 0.5) is 4.79 Å². The summed E-state index contributed by atoms with van der Waals surface area (Å²) in [5.41, 5.74) is 4.94. The number of aryl methyl sites for hydroxylation is 1. The number of furan rings is 1. The summed E-state index contributed by atoms with van der Waals surface area (Å²) >= 11 is 0. The zero-order valence-corrected chi connectivity index (χ0v) is 9.22. The summed E-state index contributed by atoms with van der Waals surface area (Å²) in [6.07, 6.45) is 1.81. The van der Waals surface area contributed by atoms with E-state index in [0.29, 0.717) is 11.0 Å². The monoisotopic (exact) mass is 224 g/mol. The highest BCUT2D eigenvalue weighted by Gasteiger charge is 2.42. The maximum absolute atomic E-state index is 10.6. The number of hydrogen-bond acceptors (Lipinski definition) is 3. The van der Waals surface area contributed by atoms with Crippen molar-refractivity contribution in [3.8, 4) is 0 Å². The Labute approximate surface area is 93.8 Å². The van der Waals surface area contributed by atoms with E-state index < -0.39 is 6.03 Å². The number of amides is 2. The van der Waals surface area contributed by atoms with Crippen LogP contribution < -0.4 is 5.73 Å². The number of nitrogens with two attached hydrogens (primary N) is 1. The van der Waals surface area contributed by atoms with Crippen LogP contribution in [0.25, 0.3) is 0 Å². The molecule has 1 saturated carbocycles. The lowest BCUT2D eigenvalue weighted by atomic mass is 10.2. The minimum absolute atomic E-state index is 0.258. The van der Waals surface area contributed by atoms with Crippen molar-refractivity contribution in [2.75, 3.05) is 6.54 Å². The molecule has 16 heavy (non-hydrogen) atoms. The second kappa shape index (κ2) is 4.17. The van der Waals surface area contributed by atoms with Crippen molar-refractivity contribution in [3.63, 3.8) is 0 Å². The third-order valence-electron chi connectivity index (χ3n) is 2.98. The number of hydroxylamine groups is 2. The molecule has 1 aliphatic rings. The molecule has 5 nitrogen and oxygen atoms in total. The molecule has 0 aliphatic heterocycles. The molecule has 1 aromatic heterocycles. The van der Waals surface area contributed by atoms with Gasteiger partial charge in [0, 0.05) is 12.3 Å². The first-order valence-electron chi connectivity index (χ1n) is 5.46. The van der Waals surface area contributed by atoms with Gasteiger partial charge in [0.05, 0.1) is 6.54 Å². The van der Waals surface area contributed by atoms with Crippen LogP contribution in [0.15, 0.2) is 16.5 Å². The Morgan fingerprint density at radius 3 is 3.00 bits per heavy atom. The Bertz CT molecular complexity index is 388. The molecule has 5 heteroatoms. The molecule has 88 valence electrons. The molecule has 0 aromatic carbocycles. The van der Waals surface area contributed by atoms with Crippen molar-refractivity contribution in [1.29, 1.82) is 0 Å². The summed E-state index contributed by atoms with van der Waals surface area (Å²) in [6, 6.07) is 3.13. The number of rotatable bonds is 4. The number of urea groups is 1. The van der Waals surface area contributed by atoms with Crippen LogP contribution >= 0.6 is 0 Å². The summed E-state index contributed by atoms with van der Waals surface area (Å²) in [6.45, 7) is 2.32. The van der Waals surface area contributed by atoms with Gasteiger partial charge >= 0.3 is 6.03 Å². The molecule has 1 heterocycles. The van der Waals surface area contributed by atoms with Crippen molar-refractivity contribution in [3.05, 3.63) is 23.7 Å². The van der Waals surface area contributed by atoms with Gasteiger partial charge in [-0.15, -0.1) is 0 Å². The van der Waals surface area contributed by atoms with E-state index in [1.54, 1.807) is 0 Å². The summed E-state index contributed by atoms with van der Waals surface area (Å²) in [5, 5.41) is 9.74. The van der Waals surface area contributed by atoms with E-state index in [2.05, 4.69) is 0 Å². The fourth-order valence-corrected chi connectivity index (χ4v) is 1.89. The number of carbonyl (C=O) groups is 1. The third kappa shape index (κ3) is 2.19. The molecule has 0 unspecified atom stereocenters. The maximum Gasteiger partial charge on any atom is 0.338 e. The topological polar surface area (TPSA) is 79.7 Å². The van der Waals surface area contributed by atoms with Gasteiger partial charge in [0.1, 0.15) is 11.5 Å². The van der Waals surface area contributed by atoms with Crippen molar-refractivity contribution < 1.29 is 14.4 Å². The predicted molar refractivity (Wildman–Crippen MR) is 57.0 cm³/mol. The molecular weight excluding hydrogens is 208 g/mol. The van der Waals surface area contributed by atoms with Gasteiger partial charge < -0.3 is 10.2 Å². The van der Waals surface area contributed by atoms with Gasteiger partial charge in [-0.3, -0.25) is 5.21 Å². The molecule has 1 aromatic rings. The largest absolute Gasteiger partial charge is 0.466 e. The highest BCUT2D eigenvalue weighted by Crippen LogP contribution is 2.48. The number of carbonyl (C=O) groups excluding carboxylic acids is 1. The lowest BCUT2D eigenvalue weighted by molar-refractivity contribution is -0.0433. The molecule has 0 spiro atoms. The van der Waals surface area contributed by atoms with Gasteiger partial charge in [0.15, 0.2) is 0 Å². The highest BCUT2D eigenvalue weighted by atomic mass is 16.5. The summed E-state index contributed by atoms with van der Waals surface area (Å²) < 4.78 is 5.61. The average Bonchev–Trinajstić information content (AvgIpc) is 2.85. The second-order valence-electron chi connectivity index (χ2n) is 4.18. The van der Waals surface area contributed by atoms with Gasteiger partial charge in [-0.1, -0.05) is 6.92 Å². The molecule has 1 fully saturated rings. The zero-order chi connectivity index (χ0) is 11.7. The summed E-state index contributed by atoms with van der Waals surface area (Å²) in [7, 11) is 0. The Morgan fingerprint density at radius 2 is 2.44 bits per heavy atom. The highest BCUT2D eigenvalue weighted by molar-refractivity contribution is 5.70. The molecule has 2 amide bonds. The first kappa shape index (κ1) is 11.0. The van der Waals surface area contributed by atoms with Gasteiger partial charge in [-0.25, -0.2) is 9.86 Å². The quantitative estimate of drug-likeness (QED) is 0.603. The van der Waals surface area contributed by atoms with Crippen molar-refractivity contribution in [1.82, 2.24) is 5.06 Å². The maximum atomic E-state index is 10.6. The van der Waals surface area contributed by atoms with E-state index in [4.69, 9.17) is 10.2 Å². The molecular formula is C11H16N2O3. The lowest BCUT2D eigenvalue weighted by Crippen LogP contribution is -2.34. The van der Waals surface area contributed by atoms with Crippen molar-refractivity contribution in [2.24, 2.45) is 11.7 Å². The summed E-state index contributed by atoms with van der Waals surface area (Å²) in [4.78, 5) is 10.6. The van der Waals surface area contributed by atoms with Crippen LogP contribution in [0.2, 0.25) is 0 Å². The fourth-order valence-electron chi connectivity index (χ4n) is 1.89. The van der Waals surface area contributed by atoms with E-state index in [9.17, 15) is 10.0 Å². The first-order valence-corrected chi connectivity index (χ1v) is 5.46. The molecule has 0 bridgehead atoms. The van der Waals surface area contributed by atoms with Gasteiger partial charge in [-0.05, 0) is 24.5 Å². The summed E-state index contributed by atoms with van der Waals surface area (Å²) in [5.74, 6) is 2.48. The van der Waals surface area contributed by atoms with Gasteiger partial charge in [-0.2, -0.15) is 0 Å². The average molecular weight is 224 g/mol. The van der Waals surface area contributed by atoms with Crippen molar-refractivity contribution >= 4 is 6.03 Å². The first-order chi connectivity index (χ1) is 7.61. The Morgan fingerprint density at radius 1 is 1.69 bits per heavy atom.